The SMILES string of the molecule is C#CCn1cnc2c(N)nc(C#C[C@]3(O)CCC[C@@H](C)C3)nc21. The van der Waals surface area contributed by atoms with Crippen molar-refractivity contribution in [2.24, 2.45) is 5.92 Å². The van der Waals surface area contributed by atoms with Gasteiger partial charge in [0.1, 0.15) is 11.1 Å². The van der Waals surface area contributed by atoms with Crippen LogP contribution in [0.4, 0.5) is 5.82 Å². The Hall–Kier alpha value is -2.57. The monoisotopic (exact) mass is 309 g/mol. The van der Waals surface area contributed by atoms with Crippen molar-refractivity contribution >= 4 is 17.0 Å². The molecule has 0 aromatic carbocycles. The first-order valence-electron chi connectivity index (χ1n) is 7.68. The van der Waals surface area contributed by atoms with E-state index in [2.05, 4.69) is 39.6 Å². The minimum absolute atomic E-state index is 0.263. The Morgan fingerprint density at radius 2 is 2.35 bits per heavy atom. The second-order valence-corrected chi connectivity index (χ2v) is 6.16. The van der Waals surface area contributed by atoms with Gasteiger partial charge in [0, 0.05) is 0 Å². The quantitative estimate of drug-likeness (QED) is 0.776. The summed E-state index contributed by atoms with van der Waals surface area (Å²) in [7, 11) is 0. The smallest absolute Gasteiger partial charge is 0.209 e. The minimum Gasteiger partial charge on any atom is -0.382 e. The molecular weight excluding hydrogens is 290 g/mol. The number of anilines is 1. The summed E-state index contributed by atoms with van der Waals surface area (Å²) in [6, 6.07) is 0. The van der Waals surface area contributed by atoms with Gasteiger partial charge in [0.05, 0.1) is 12.9 Å². The van der Waals surface area contributed by atoms with Crippen molar-refractivity contribution in [1.82, 2.24) is 19.5 Å². The second-order valence-electron chi connectivity index (χ2n) is 6.16. The summed E-state index contributed by atoms with van der Waals surface area (Å²) in [6.45, 7) is 2.48. The average molecular weight is 309 g/mol. The molecule has 1 aliphatic carbocycles. The number of nitrogens with zero attached hydrogens (tertiary/aromatic N) is 4. The number of nitrogen functional groups attached to an aromatic ring is 1. The topological polar surface area (TPSA) is 89.9 Å². The third-order valence-corrected chi connectivity index (χ3v) is 4.13. The molecule has 0 bridgehead atoms. The van der Waals surface area contributed by atoms with E-state index in [1.807, 2.05) is 0 Å². The molecule has 2 aromatic heterocycles. The van der Waals surface area contributed by atoms with Gasteiger partial charge in [0.2, 0.25) is 5.82 Å². The van der Waals surface area contributed by atoms with Crippen LogP contribution in [0.15, 0.2) is 6.33 Å². The highest BCUT2D eigenvalue weighted by Gasteiger charge is 2.30. The molecule has 0 unspecified atom stereocenters. The predicted octanol–water partition coefficient (Wildman–Crippen LogP) is 1.33. The van der Waals surface area contributed by atoms with Gasteiger partial charge >= 0.3 is 0 Å². The van der Waals surface area contributed by atoms with E-state index in [1.165, 1.54) is 0 Å². The Morgan fingerprint density at radius 3 is 3.09 bits per heavy atom. The largest absolute Gasteiger partial charge is 0.382 e. The van der Waals surface area contributed by atoms with Gasteiger partial charge in [-0.15, -0.1) is 6.42 Å². The number of hydrogen-bond acceptors (Lipinski definition) is 5. The Labute approximate surface area is 135 Å². The van der Waals surface area contributed by atoms with E-state index in [1.54, 1.807) is 10.9 Å². The lowest BCUT2D eigenvalue weighted by molar-refractivity contribution is 0.0410. The van der Waals surface area contributed by atoms with Crippen molar-refractivity contribution in [3.63, 3.8) is 0 Å². The van der Waals surface area contributed by atoms with Crippen molar-refractivity contribution in [2.75, 3.05) is 5.73 Å². The van der Waals surface area contributed by atoms with Gasteiger partial charge in [-0.2, -0.15) is 0 Å². The molecule has 6 heteroatoms. The van der Waals surface area contributed by atoms with Crippen LogP contribution in [0.25, 0.3) is 11.2 Å². The number of aliphatic hydroxyl groups is 1. The van der Waals surface area contributed by atoms with Crippen LogP contribution in [-0.2, 0) is 6.54 Å². The molecule has 1 aliphatic rings. The van der Waals surface area contributed by atoms with Gasteiger partial charge < -0.3 is 15.4 Å². The molecule has 0 saturated heterocycles. The van der Waals surface area contributed by atoms with Crippen LogP contribution in [0.3, 0.4) is 0 Å². The molecule has 6 nitrogen and oxygen atoms in total. The van der Waals surface area contributed by atoms with Crippen LogP contribution in [0.2, 0.25) is 0 Å². The van der Waals surface area contributed by atoms with Gasteiger partial charge in [-0.3, -0.25) is 0 Å². The second kappa shape index (κ2) is 5.91. The first kappa shape index (κ1) is 15.3. The summed E-state index contributed by atoms with van der Waals surface area (Å²) in [5, 5.41) is 10.6. The summed E-state index contributed by atoms with van der Waals surface area (Å²) >= 11 is 0. The van der Waals surface area contributed by atoms with Crippen molar-refractivity contribution < 1.29 is 5.11 Å². The molecule has 0 spiro atoms. The third kappa shape index (κ3) is 3.13. The van der Waals surface area contributed by atoms with Gasteiger partial charge in [-0.1, -0.05) is 25.2 Å². The van der Waals surface area contributed by atoms with Gasteiger partial charge in [0.25, 0.3) is 0 Å². The fraction of sp³-hybridized carbons (Fsp3) is 0.471. The number of hydrogen-bond donors (Lipinski definition) is 2. The Kier molecular flexibility index (Phi) is 3.94. The van der Waals surface area contributed by atoms with Crippen LogP contribution in [-0.4, -0.2) is 30.2 Å². The highest BCUT2D eigenvalue weighted by Crippen LogP contribution is 2.31. The van der Waals surface area contributed by atoms with E-state index in [0.717, 1.165) is 12.8 Å². The molecule has 118 valence electrons. The number of terminal acetylenes is 1. The molecule has 23 heavy (non-hydrogen) atoms. The normalized spacial score (nSPS) is 24.0. The number of imidazole rings is 1. The molecule has 3 N–H and O–H groups in total. The number of nitrogens with two attached hydrogens (primary N) is 1. The van der Waals surface area contributed by atoms with E-state index in [9.17, 15) is 5.11 Å². The zero-order valence-corrected chi connectivity index (χ0v) is 13.1. The summed E-state index contributed by atoms with van der Waals surface area (Å²) in [5.41, 5.74) is 6.02. The number of fused-ring (bicyclic) bond motifs is 1. The Morgan fingerprint density at radius 1 is 1.52 bits per heavy atom. The zero-order chi connectivity index (χ0) is 16.4. The van der Waals surface area contributed by atoms with Crippen LogP contribution >= 0.6 is 0 Å². The van der Waals surface area contributed by atoms with E-state index < -0.39 is 5.60 Å². The molecule has 2 heterocycles. The van der Waals surface area contributed by atoms with Crippen LogP contribution in [0.1, 0.15) is 38.4 Å². The maximum atomic E-state index is 10.6. The summed E-state index contributed by atoms with van der Waals surface area (Å²) in [4.78, 5) is 12.7. The Bertz CT molecular complexity index is 838. The average Bonchev–Trinajstić information content (AvgIpc) is 2.89. The Balaban J connectivity index is 1.96. The van der Waals surface area contributed by atoms with E-state index >= 15 is 0 Å². The van der Waals surface area contributed by atoms with Gasteiger partial charge in [0.15, 0.2) is 11.5 Å². The van der Waals surface area contributed by atoms with Crippen molar-refractivity contribution in [1.29, 1.82) is 0 Å². The molecule has 0 aliphatic heterocycles. The molecule has 1 saturated carbocycles. The first-order valence-corrected chi connectivity index (χ1v) is 7.68. The molecule has 0 radical (unpaired) electrons. The fourth-order valence-electron chi connectivity index (χ4n) is 3.05. The van der Waals surface area contributed by atoms with E-state index in [0.29, 0.717) is 36.5 Å². The van der Waals surface area contributed by atoms with Crippen molar-refractivity contribution in [3.8, 4) is 24.2 Å². The van der Waals surface area contributed by atoms with E-state index in [-0.39, 0.29) is 11.6 Å². The van der Waals surface area contributed by atoms with Gasteiger partial charge in [-0.05, 0) is 31.1 Å². The first-order chi connectivity index (χ1) is 11.0. The highest BCUT2D eigenvalue weighted by atomic mass is 16.3. The summed E-state index contributed by atoms with van der Waals surface area (Å²) in [6.07, 6.45) is 10.4. The number of rotatable bonds is 1. The minimum atomic E-state index is -0.968. The molecule has 2 aromatic rings. The van der Waals surface area contributed by atoms with Crippen molar-refractivity contribution in [2.45, 2.75) is 44.8 Å². The highest BCUT2D eigenvalue weighted by molar-refractivity contribution is 5.82. The predicted molar refractivity (Wildman–Crippen MR) is 88.0 cm³/mol. The molecule has 1 fully saturated rings. The van der Waals surface area contributed by atoms with Crippen LogP contribution in [0.5, 0.6) is 0 Å². The van der Waals surface area contributed by atoms with Crippen LogP contribution < -0.4 is 5.73 Å². The lowest BCUT2D eigenvalue weighted by atomic mass is 9.79. The van der Waals surface area contributed by atoms with Crippen LogP contribution in [0, 0.1) is 30.1 Å². The molecule has 2 atom stereocenters. The lowest BCUT2D eigenvalue weighted by Gasteiger charge is -2.30. The van der Waals surface area contributed by atoms with Gasteiger partial charge in [-0.25, -0.2) is 15.0 Å². The van der Waals surface area contributed by atoms with Crippen molar-refractivity contribution in [3.05, 3.63) is 12.2 Å². The maximum absolute atomic E-state index is 10.6. The standard InChI is InChI=1S/C17H19N5O/c1-3-9-22-11-19-14-15(18)20-13(21-16(14)22)6-8-17(23)7-4-5-12(2)10-17/h1,11-12,23H,4-5,7,9-10H2,2H3,(H2,18,20,21)/t12-,17-/m1/s1. The number of aromatic nitrogens is 4. The summed E-state index contributed by atoms with van der Waals surface area (Å²) in [5.74, 6) is 9.36. The zero-order valence-electron chi connectivity index (χ0n) is 13.1. The van der Waals surface area contributed by atoms with E-state index in [4.69, 9.17) is 12.2 Å². The molecule has 3 rings (SSSR count). The fourth-order valence-corrected chi connectivity index (χ4v) is 3.05. The lowest BCUT2D eigenvalue weighted by Crippen LogP contribution is -2.32. The molecule has 0 amide bonds. The summed E-state index contributed by atoms with van der Waals surface area (Å²) < 4.78 is 1.72. The third-order valence-electron chi connectivity index (χ3n) is 4.13. The maximum Gasteiger partial charge on any atom is 0.209 e. The molecular formula is C17H19N5O.